The summed E-state index contributed by atoms with van der Waals surface area (Å²) in [6.07, 6.45) is 0.550. The molecule has 0 saturated carbocycles. The minimum absolute atomic E-state index is 0.0892. The number of halogens is 2. The van der Waals surface area contributed by atoms with Gasteiger partial charge in [0.2, 0.25) is 0 Å². The molecule has 15 heavy (non-hydrogen) atoms. The summed E-state index contributed by atoms with van der Waals surface area (Å²) in [5.74, 6) is 0.786. The lowest BCUT2D eigenvalue weighted by atomic mass is 10.1. The van der Waals surface area contributed by atoms with E-state index >= 15 is 0 Å². The molecule has 0 unspecified atom stereocenters. The van der Waals surface area contributed by atoms with Gasteiger partial charge in [0.1, 0.15) is 5.75 Å². The highest BCUT2D eigenvalue weighted by molar-refractivity contribution is 9.10. The molecule has 0 aliphatic heterocycles. The second-order valence-electron chi connectivity index (χ2n) is 3.19. The van der Waals surface area contributed by atoms with Crippen LogP contribution in [0.1, 0.15) is 18.1 Å². The molecule has 0 amide bonds. The smallest absolute Gasteiger partial charge is 0.137 e. The van der Waals surface area contributed by atoms with Gasteiger partial charge in [-0.1, -0.05) is 11.6 Å². The summed E-state index contributed by atoms with van der Waals surface area (Å²) >= 11 is 9.52. The molecule has 1 aromatic rings. The summed E-state index contributed by atoms with van der Waals surface area (Å²) in [5.41, 5.74) is 1.89. The van der Waals surface area contributed by atoms with Gasteiger partial charge in [0.25, 0.3) is 0 Å². The predicted octanol–water partition coefficient (Wildman–Crippen LogP) is 3.34. The third-order valence-corrected chi connectivity index (χ3v) is 3.50. The minimum Gasteiger partial charge on any atom is -0.492 e. The highest BCUT2D eigenvalue weighted by Gasteiger charge is 2.13. The number of benzene rings is 1. The Morgan fingerprint density at radius 1 is 1.53 bits per heavy atom. The van der Waals surface area contributed by atoms with Gasteiger partial charge in [-0.25, -0.2) is 0 Å². The van der Waals surface area contributed by atoms with Gasteiger partial charge in [-0.05, 0) is 53.4 Å². The van der Waals surface area contributed by atoms with Crippen molar-refractivity contribution in [3.05, 3.63) is 26.7 Å². The Bertz CT molecular complexity index is 353. The number of hydrogen-bond acceptors (Lipinski definition) is 2. The van der Waals surface area contributed by atoms with E-state index in [-0.39, 0.29) is 6.61 Å². The molecular weight excluding hydrogens is 279 g/mol. The molecule has 84 valence electrons. The zero-order valence-electron chi connectivity index (χ0n) is 8.81. The van der Waals surface area contributed by atoms with Gasteiger partial charge in [0.15, 0.2) is 0 Å². The fraction of sp³-hybridized carbons (Fsp3) is 0.455. The SMILES string of the molecule is CCOc1c(CCO)cc(Cl)c(C)c1Br. The maximum absolute atomic E-state index is 8.95. The quantitative estimate of drug-likeness (QED) is 0.922. The van der Waals surface area contributed by atoms with Crippen molar-refractivity contribution in [1.82, 2.24) is 0 Å². The maximum Gasteiger partial charge on any atom is 0.137 e. The summed E-state index contributed by atoms with van der Waals surface area (Å²) < 4.78 is 6.41. The Morgan fingerprint density at radius 2 is 2.20 bits per heavy atom. The van der Waals surface area contributed by atoms with Crippen LogP contribution in [0.15, 0.2) is 10.5 Å². The van der Waals surface area contributed by atoms with Gasteiger partial charge in [0, 0.05) is 11.6 Å². The van der Waals surface area contributed by atoms with Crippen molar-refractivity contribution in [3.63, 3.8) is 0 Å². The maximum atomic E-state index is 8.95. The summed E-state index contributed by atoms with van der Waals surface area (Å²) in [6.45, 7) is 4.54. The van der Waals surface area contributed by atoms with Gasteiger partial charge in [0.05, 0.1) is 11.1 Å². The Morgan fingerprint density at radius 3 is 2.73 bits per heavy atom. The van der Waals surface area contributed by atoms with Crippen molar-refractivity contribution in [2.24, 2.45) is 0 Å². The lowest BCUT2D eigenvalue weighted by Crippen LogP contribution is -2.01. The average molecular weight is 294 g/mol. The van der Waals surface area contributed by atoms with Gasteiger partial charge < -0.3 is 9.84 Å². The molecule has 0 radical (unpaired) electrons. The molecule has 1 rings (SSSR count). The normalized spacial score (nSPS) is 10.5. The van der Waals surface area contributed by atoms with Crippen LogP contribution in [0.25, 0.3) is 0 Å². The van der Waals surface area contributed by atoms with E-state index < -0.39 is 0 Å². The van der Waals surface area contributed by atoms with Crippen molar-refractivity contribution in [3.8, 4) is 5.75 Å². The van der Waals surface area contributed by atoms with Crippen LogP contribution in [-0.2, 0) is 6.42 Å². The number of aliphatic hydroxyl groups is 1. The predicted molar refractivity (Wildman–Crippen MR) is 65.8 cm³/mol. The van der Waals surface area contributed by atoms with E-state index in [1.165, 1.54) is 0 Å². The van der Waals surface area contributed by atoms with Crippen molar-refractivity contribution in [1.29, 1.82) is 0 Å². The van der Waals surface area contributed by atoms with Crippen molar-refractivity contribution >= 4 is 27.5 Å². The van der Waals surface area contributed by atoms with Crippen LogP contribution in [0.3, 0.4) is 0 Å². The van der Waals surface area contributed by atoms with Crippen molar-refractivity contribution in [2.75, 3.05) is 13.2 Å². The third-order valence-electron chi connectivity index (χ3n) is 2.15. The minimum atomic E-state index is 0.0892. The van der Waals surface area contributed by atoms with E-state index in [0.29, 0.717) is 18.1 Å². The molecule has 1 aromatic carbocycles. The first kappa shape index (κ1) is 12.8. The molecule has 1 N–H and O–H groups in total. The topological polar surface area (TPSA) is 29.5 Å². The van der Waals surface area contributed by atoms with Crippen LogP contribution in [0.5, 0.6) is 5.75 Å². The second kappa shape index (κ2) is 5.73. The second-order valence-corrected chi connectivity index (χ2v) is 4.39. The summed E-state index contributed by atoms with van der Waals surface area (Å²) in [7, 11) is 0. The van der Waals surface area contributed by atoms with Crippen molar-refractivity contribution in [2.45, 2.75) is 20.3 Å². The highest BCUT2D eigenvalue weighted by Crippen LogP contribution is 2.37. The van der Waals surface area contributed by atoms with Gasteiger partial charge in [-0.2, -0.15) is 0 Å². The molecule has 0 aromatic heterocycles. The van der Waals surface area contributed by atoms with Crippen LogP contribution in [0.4, 0.5) is 0 Å². The van der Waals surface area contributed by atoms with E-state index in [4.69, 9.17) is 21.4 Å². The lowest BCUT2D eigenvalue weighted by molar-refractivity contribution is 0.292. The third kappa shape index (κ3) is 2.86. The fourth-order valence-electron chi connectivity index (χ4n) is 1.35. The number of rotatable bonds is 4. The van der Waals surface area contributed by atoms with E-state index in [9.17, 15) is 0 Å². The van der Waals surface area contributed by atoms with Gasteiger partial charge >= 0.3 is 0 Å². The summed E-state index contributed by atoms with van der Waals surface area (Å²) in [4.78, 5) is 0. The van der Waals surface area contributed by atoms with Gasteiger partial charge in [-0.15, -0.1) is 0 Å². The number of ether oxygens (including phenoxy) is 1. The standard InChI is InChI=1S/C11H14BrClO2/c1-3-15-11-8(4-5-14)6-9(13)7(2)10(11)12/h6,14H,3-5H2,1-2H3. The van der Waals surface area contributed by atoms with Gasteiger partial charge in [-0.3, -0.25) is 0 Å². The zero-order valence-corrected chi connectivity index (χ0v) is 11.2. The molecule has 0 aliphatic carbocycles. The van der Waals surface area contributed by atoms with E-state index in [1.807, 2.05) is 19.9 Å². The summed E-state index contributed by atoms with van der Waals surface area (Å²) in [6, 6.07) is 1.85. The van der Waals surface area contributed by atoms with Crippen molar-refractivity contribution < 1.29 is 9.84 Å². The van der Waals surface area contributed by atoms with Crippen LogP contribution in [-0.4, -0.2) is 18.3 Å². The molecule has 0 fully saturated rings. The van der Waals surface area contributed by atoms with E-state index in [0.717, 1.165) is 21.3 Å². The lowest BCUT2D eigenvalue weighted by Gasteiger charge is -2.14. The molecule has 0 aliphatic rings. The molecule has 2 nitrogen and oxygen atoms in total. The van der Waals surface area contributed by atoms with Crippen LogP contribution in [0.2, 0.25) is 5.02 Å². The van der Waals surface area contributed by atoms with E-state index in [1.54, 1.807) is 0 Å². The first-order valence-electron chi connectivity index (χ1n) is 4.83. The number of aliphatic hydroxyl groups excluding tert-OH is 1. The molecular formula is C11H14BrClO2. The molecule has 4 heteroatoms. The van der Waals surface area contributed by atoms with Crippen LogP contribution < -0.4 is 4.74 Å². The molecule has 0 heterocycles. The summed E-state index contributed by atoms with van der Waals surface area (Å²) in [5, 5.41) is 9.64. The Kier molecular flexibility index (Phi) is 4.90. The molecule has 0 spiro atoms. The van der Waals surface area contributed by atoms with Crippen LogP contribution >= 0.6 is 27.5 Å². The van der Waals surface area contributed by atoms with Crippen LogP contribution in [0, 0.1) is 6.92 Å². The molecule has 0 saturated heterocycles. The molecule has 0 atom stereocenters. The Balaban J connectivity index is 3.23. The van der Waals surface area contributed by atoms with E-state index in [2.05, 4.69) is 15.9 Å². The average Bonchev–Trinajstić information content (AvgIpc) is 2.21. The first-order chi connectivity index (χ1) is 7.11. The Labute approximate surface area is 103 Å². The monoisotopic (exact) mass is 292 g/mol. The fourth-order valence-corrected chi connectivity index (χ4v) is 2.27. The first-order valence-corrected chi connectivity index (χ1v) is 6.00. The zero-order chi connectivity index (χ0) is 11.4. The highest BCUT2D eigenvalue weighted by atomic mass is 79.9. The Hall–Kier alpha value is -0.250. The molecule has 0 bridgehead atoms. The largest absolute Gasteiger partial charge is 0.492 e. The number of hydrogen-bond donors (Lipinski definition) is 1.